The van der Waals surface area contributed by atoms with Gasteiger partial charge in [0.05, 0.1) is 5.52 Å². The molecule has 3 aromatic rings. The Morgan fingerprint density at radius 2 is 1.85 bits per heavy atom. The van der Waals surface area contributed by atoms with E-state index >= 15 is 0 Å². The molecule has 0 amide bonds. The Hall–Kier alpha value is -2.83. The van der Waals surface area contributed by atoms with Crippen LogP contribution in [0.3, 0.4) is 0 Å². The van der Waals surface area contributed by atoms with Crippen LogP contribution in [-0.2, 0) is 6.54 Å². The third-order valence-corrected chi connectivity index (χ3v) is 4.21. The molecule has 0 saturated carbocycles. The molecule has 0 aliphatic heterocycles. The van der Waals surface area contributed by atoms with E-state index in [0.29, 0.717) is 29.1 Å². The van der Waals surface area contributed by atoms with Crippen LogP contribution in [0.2, 0.25) is 0 Å². The molecule has 27 heavy (non-hydrogen) atoms. The Labute approximate surface area is 158 Å². The Balaban J connectivity index is 1.87. The lowest BCUT2D eigenvalue weighted by Gasteiger charge is -2.10. The average molecular weight is 365 g/mol. The molecule has 0 atom stereocenters. The number of benzene rings is 2. The highest BCUT2D eigenvalue weighted by molar-refractivity contribution is 5.90. The second-order valence-corrected chi connectivity index (χ2v) is 6.25. The summed E-state index contributed by atoms with van der Waals surface area (Å²) in [6.07, 6.45) is 4.75. The van der Waals surface area contributed by atoms with E-state index in [1.165, 1.54) is 12.1 Å². The van der Waals surface area contributed by atoms with E-state index in [-0.39, 0.29) is 5.82 Å². The number of nitrogens with one attached hydrogen (secondary N) is 2. The van der Waals surface area contributed by atoms with Crippen molar-refractivity contribution in [3.05, 3.63) is 65.2 Å². The molecule has 0 unspecified atom stereocenters. The third-order valence-electron chi connectivity index (χ3n) is 4.21. The molecule has 0 aliphatic rings. The Morgan fingerprint density at radius 1 is 1.04 bits per heavy atom. The van der Waals surface area contributed by atoms with Crippen LogP contribution in [0.25, 0.3) is 23.1 Å². The molecular weight excluding hydrogens is 341 g/mol. The van der Waals surface area contributed by atoms with Gasteiger partial charge in [0.2, 0.25) is 0 Å². The first-order valence-electron chi connectivity index (χ1n) is 9.02. The molecule has 0 saturated heterocycles. The van der Waals surface area contributed by atoms with Gasteiger partial charge in [-0.15, -0.1) is 0 Å². The molecule has 6 heteroatoms. The number of anilines is 1. The van der Waals surface area contributed by atoms with Crippen LogP contribution in [0.4, 0.5) is 10.2 Å². The van der Waals surface area contributed by atoms with Gasteiger partial charge in [-0.3, -0.25) is 0 Å². The van der Waals surface area contributed by atoms with Crippen molar-refractivity contribution >= 4 is 28.9 Å². The van der Waals surface area contributed by atoms with Gasteiger partial charge in [-0.1, -0.05) is 30.3 Å². The average Bonchev–Trinajstić information content (AvgIpc) is 2.70. The van der Waals surface area contributed by atoms with Crippen molar-refractivity contribution in [2.75, 3.05) is 25.5 Å². The number of aromatic nitrogens is 2. The summed E-state index contributed by atoms with van der Waals surface area (Å²) in [6.45, 7) is 2.17. The van der Waals surface area contributed by atoms with Crippen LogP contribution in [0.5, 0.6) is 0 Å². The maximum Gasteiger partial charge on any atom is 0.154 e. The van der Waals surface area contributed by atoms with Crippen molar-refractivity contribution in [2.45, 2.75) is 13.0 Å². The van der Waals surface area contributed by atoms with Crippen molar-refractivity contribution in [3.8, 4) is 0 Å². The van der Waals surface area contributed by atoms with Crippen LogP contribution in [0, 0.1) is 5.82 Å². The Morgan fingerprint density at radius 3 is 2.59 bits per heavy atom. The number of nitrogens with zero attached hydrogens (tertiary/aromatic N) is 2. The first-order valence-corrected chi connectivity index (χ1v) is 9.02. The smallest absolute Gasteiger partial charge is 0.154 e. The third kappa shape index (κ3) is 5.09. The fraction of sp³-hybridized carbons (Fsp3) is 0.238. The minimum Gasteiger partial charge on any atom is -0.369 e. The zero-order chi connectivity index (χ0) is 19.1. The molecule has 5 nitrogen and oxygen atoms in total. The highest BCUT2D eigenvalue weighted by Gasteiger charge is 2.07. The Kier molecular flexibility index (Phi) is 6.46. The lowest BCUT2D eigenvalue weighted by molar-refractivity contribution is 0.629. The lowest BCUT2D eigenvalue weighted by Crippen LogP contribution is -2.13. The van der Waals surface area contributed by atoms with E-state index < -0.39 is 0 Å². The highest BCUT2D eigenvalue weighted by atomic mass is 19.1. The molecular formula is C21H24FN5. The quantitative estimate of drug-likeness (QED) is 0.533. The summed E-state index contributed by atoms with van der Waals surface area (Å²) in [7, 11) is 1.92. The van der Waals surface area contributed by atoms with Gasteiger partial charge in [-0.05, 0) is 55.4 Å². The van der Waals surface area contributed by atoms with Gasteiger partial charge >= 0.3 is 0 Å². The molecule has 0 fully saturated rings. The monoisotopic (exact) mass is 365 g/mol. The van der Waals surface area contributed by atoms with E-state index in [1.807, 2.05) is 43.5 Å². The summed E-state index contributed by atoms with van der Waals surface area (Å²) in [6, 6.07) is 12.6. The summed E-state index contributed by atoms with van der Waals surface area (Å²) >= 11 is 0. The summed E-state index contributed by atoms with van der Waals surface area (Å²) in [4.78, 5) is 9.11. The van der Waals surface area contributed by atoms with Gasteiger partial charge in [-0.2, -0.15) is 0 Å². The van der Waals surface area contributed by atoms with E-state index in [2.05, 4.69) is 20.6 Å². The fourth-order valence-electron chi connectivity index (χ4n) is 2.74. The summed E-state index contributed by atoms with van der Waals surface area (Å²) in [5.41, 5.74) is 8.46. The van der Waals surface area contributed by atoms with Crippen molar-refractivity contribution in [1.29, 1.82) is 0 Å². The van der Waals surface area contributed by atoms with Crippen LogP contribution >= 0.6 is 0 Å². The largest absolute Gasteiger partial charge is 0.369 e. The molecule has 1 aromatic heterocycles. The van der Waals surface area contributed by atoms with E-state index in [0.717, 1.165) is 30.6 Å². The van der Waals surface area contributed by atoms with Gasteiger partial charge in [0, 0.05) is 18.5 Å². The van der Waals surface area contributed by atoms with E-state index in [4.69, 9.17) is 5.73 Å². The first-order chi connectivity index (χ1) is 13.2. The Bertz CT molecular complexity index is 922. The van der Waals surface area contributed by atoms with Crippen LogP contribution < -0.4 is 16.4 Å². The molecule has 3 rings (SSSR count). The van der Waals surface area contributed by atoms with Gasteiger partial charge in [0.25, 0.3) is 0 Å². The summed E-state index contributed by atoms with van der Waals surface area (Å²) in [5, 5.41) is 7.09. The number of rotatable bonds is 8. The summed E-state index contributed by atoms with van der Waals surface area (Å²) < 4.78 is 13.7. The number of fused-ring (bicyclic) bond motifs is 1. The maximum atomic E-state index is 13.7. The zero-order valence-electron chi connectivity index (χ0n) is 15.4. The maximum absolute atomic E-state index is 13.7. The predicted octanol–water partition coefficient (Wildman–Crippen LogP) is 3.42. The standard InChI is InChI=1S/C21H24FN5/c1-24-11-2-12-25-21-18-13-17(22)8-9-19(18)26-20(27-21)10-7-15-3-5-16(14-23)6-4-15/h3-10,13,24H,2,11-12,14,23H2,1H3,(H,25,26,27)/b10-7+. The van der Waals surface area contributed by atoms with E-state index in [9.17, 15) is 4.39 Å². The minimum absolute atomic E-state index is 0.298. The van der Waals surface area contributed by atoms with Crippen LogP contribution in [0.1, 0.15) is 23.4 Å². The number of halogens is 1. The molecule has 0 spiro atoms. The molecule has 1 heterocycles. The number of nitrogens with two attached hydrogens (primary N) is 1. The van der Waals surface area contributed by atoms with E-state index in [1.54, 1.807) is 6.07 Å². The van der Waals surface area contributed by atoms with Gasteiger partial charge < -0.3 is 16.4 Å². The van der Waals surface area contributed by atoms with Gasteiger partial charge in [-0.25, -0.2) is 14.4 Å². The lowest BCUT2D eigenvalue weighted by atomic mass is 10.1. The molecule has 0 radical (unpaired) electrons. The molecule has 140 valence electrons. The zero-order valence-corrected chi connectivity index (χ0v) is 15.4. The molecule has 4 N–H and O–H groups in total. The normalized spacial score (nSPS) is 11.4. The van der Waals surface area contributed by atoms with Crippen molar-refractivity contribution in [2.24, 2.45) is 5.73 Å². The van der Waals surface area contributed by atoms with Crippen LogP contribution in [0.15, 0.2) is 42.5 Å². The molecule has 2 aromatic carbocycles. The van der Waals surface area contributed by atoms with Gasteiger partial charge in [0.15, 0.2) is 5.82 Å². The van der Waals surface area contributed by atoms with Gasteiger partial charge in [0.1, 0.15) is 11.6 Å². The number of hydrogen-bond acceptors (Lipinski definition) is 5. The topological polar surface area (TPSA) is 75.9 Å². The molecule has 0 bridgehead atoms. The predicted molar refractivity (Wildman–Crippen MR) is 110 cm³/mol. The molecule has 0 aliphatic carbocycles. The summed E-state index contributed by atoms with van der Waals surface area (Å²) in [5.74, 6) is 0.925. The second-order valence-electron chi connectivity index (χ2n) is 6.25. The first kappa shape index (κ1) is 18.9. The fourth-order valence-corrected chi connectivity index (χ4v) is 2.74. The SMILES string of the molecule is CNCCCNc1nc(/C=C/c2ccc(CN)cc2)nc2ccc(F)cc12. The van der Waals surface area contributed by atoms with Crippen LogP contribution in [-0.4, -0.2) is 30.1 Å². The van der Waals surface area contributed by atoms with Crippen molar-refractivity contribution in [1.82, 2.24) is 15.3 Å². The number of hydrogen-bond donors (Lipinski definition) is 3. The highest BCUT2D eigenvalue weighted by Crippen LogP contribution is 2.22. The van der Waals surface area contributed by atoms with Crippen molar-refractivity contribution in [3.63, 3.8) is 0 Å². The second kappa shape index (κ2) is 9.21. The minimum atomic E-state index is -0.298. The van der Waals surface area contributed by atoms with Crippen molar-refractivity contribution < 1.29 is 4.39 Å².